The van der Waals surface area contributed by atoms with Gasteiger partial charge in [-0.05, 0) is 61.4 Å². The van der Waals surface area contributed by atoms with Crippen molar-refractivity contribution >= 4 is 51.8 Å². The Bertz CT molecular complexity index is 1830. The lowest BCUT2D eigenvalue weighted by Crippen LogP contribution is -2.29. The number of benzene rings is 2. The summed E-state index contributed by atoms with van der Waals surface area (Å²) in [4.78, 5) is 34.7. The lowest BCUT2D eigenvalue weighted by Gasteiger charge is -2.10. The summed E-state index contributed by atoms with van der Waals surface area (Å²) in [5, 5.41) is 9.54. The molecule has 0 bridgehead atoms. The number of thioether (sulfide) groups is 1. The number of hydrogen-bond donors (Lipinski definition) is 4. The fraction of sp³-hybridized carbons (Fsp3) is 0.206. The Kier molecular flexibility index (Phi) is 13.7. The minimum Gasteiger partial charge on any atom is -0.491 e. The van der Waals surface area contributed by atoms with Gasteiger partial charge in [-0.2, -0.15) is 13.5 Å². The maximum atomic E-state index is 12.5. The summed E-state index contributed by atoms with van der Waals surface area (Å²) in [6.45, 7) is 3.25. The number of amides is 2. The van der Waals surface area contributed by atoms with E-state index in [1.807, 2.05) is 49.4 Å². The van der Waals surface area contributed by atoms with Gasteiger partial charge < -0.3 is 15.4 Å². The van der Waals surface area contributed by atoms with Crippen molar-refractivity contribution in [1.29, 1.82) is 0 Å². The summed E-state index contributed by atoms with van der Waals surface area (Å²) < 4.78 is 38.2. The molecule has 4 aromatic rings. The molecule has 2 heterocycles. The van der Waals surface area contributed by atoms with Gasteiger partial charge in [0.1, 0.15) is 22.2 Å². The van der Waals surface area contributed by atoms with Gasteiger partial charge in [-0.25, -0.2) is 9.97 Å². The quantitative estimate of drug-likeness (QED) is 0.0289. The van der Waals surface area contributed by atoms with Crippen LogP contribution in [0, 0.1) is 0 Å². The molecule has 2 aromatic carbocycles. The number of hydrazone groups is 1. The van der Waals surface area contributed by atoms with E-state index in [1.54, 1.807) is 36.0 Å². The minimum atomic E-state index is -4.40. The molecule has 0 aliphatic rings. The van der Waals surface area contributed by atoms with Crippen molar-refractivity contribution in [2.24, 2.45) is 5.10 Å². The first-order valence-electron chi connectivity index (χ1n) is 15.1. The van der Waals surface area contributed by atoms with Gasteiger partial charge in [0, 0.05) is 41.6 Å². The molecule has 0 unspecified atom stereocenters. The van der Waals surface area contributed by atoms with Crippen LogP contribution in [-0.4, -0.2) is 60.7 Å². The minimum absolute atomic E-state index is 0.193. The number of pyridine rings is 2. The number of ether oxygens (including phenoxy) is 1. The summed E-state index contributed by atoms with van der Waals surface area (Å²) in [5.74, 6) is 0.997. The SMILES string of the molecule is CCCOc1ccc(CSc2ccccc2)nc1/C=C/C(=O)NCCCNC(=O)c1ccc(N/N=C/c2ccccc2S(=O)(=O)O)nc1. The van der Waals surface area contributed by atoms with Gasteiger partial charge in [-0.15, -0.1) is 11.8 Å². The van der Waals surface area contributed by atoms with Gasteiger partial charge in [0.25, 0.3) is 16.0 Å². The van der Waals surface area contributed by atoms with Crippen LogP contribution in [-0.2, 0) is 20.7 Å². The molecule has 0 fully saturated rings. The third-order valence-corrected chi connectivity index (χ3v) is 8.44. The zero-order chi connectivity index (χ0) is 34.2. The van der Waals surface area contributed by atoms with Crippen LogP contribution < -0.4 is 20.8 Å². The topological polar surface area (TPSA) is 172 Å². The number of carbonyl (C=O) groups is 2. The zero-order valence-electron chi connectivity index (χ0n) is 26.2. The highest BCUT2D eigenvalue weighted by Crippen LogP contribution is 2.25. The van der Waals surface area contributed by atoms with Crippen LogP contribution in [0.2, 0.25) is 0 Å². The van der Waals surface area contributed by atoms with Crippen LogP contribution >= 0.6 is 11.8 Å². The summed E-state index contributed by atoms with van der Waals surface area (Å²) in [6, 6.07) is 22.8. The number of hydrogen-bond acceptors (Lipinski definition) is 10. The first kappa shape index (κ1) is 35.8. The van der Waals surface area contributed by atoms with Crippen LogP contribution in [0.4, 0.5) is 5.82 Å². The van der Waals surface area contributed by atoms with Crippen molar-refractivity contribution in [3.05, 3.63) is 114 Å². The molecule has 0 radical (unpaired) electrons. The molecule has 0 spiro atoms. The molecule has 0 aliphatic carbocycles. The van der Waals surface area contributed by atoms with Gasteiger partial charge in [0.2, 0.25) is 5.91 Å². The highest BCUT2D eigenvalue weighted by atomic mass is 32.2. The summed E-state index contributed by atoms with van der Waals surface area (Å²) in [7, 11) is -4.40. The maximum absolute atomic E-state index is 12.5. The molecule has 2 aromatic heterocycles. The average Bonchev–Trinajstić information content (AvgIpc) is 3.09. The van der Waals surface area contributed by atoms with Crippen LogP contribution in [0.15, 0.2) is 106 Å². The smallest absolute Gasteiger partial charge is 0.295 e. The van der Waals surface area contributed by atoms with E-state index in [4.69, 9.17) is 9.72 Å². The molecular weight excluding hydrogens is 653 g/mol. The zero-order valence-corrected chi connectivity index (χ0v) is 27.8. The second-order valence-corrected chi connectivity index (χ2v) is 12.6. The van der Waals surface area contributed by atoms with Gasteiger partial charge in [-0.3, -0.25) is 19.6 Å². The summed E-state index contributed by atoms with van der Waals surface area (Å²) >= 11 is 1.68. The van der Waals surface area contributed by atoms with Crippen molar-refractivity contribution < 1.29 is 27.3 Å². The van der Waals surface area contributed by atoms with Gasteiger partial charge >= 0.3 is 0 Å². The molecule has 0 saturated heterocycles. The molecular formula is C34H36N6O6S2. The second-order valence-electron chi connectivity index (χ2n) is 10.2. The van der Waals surface area contributed by atoms with E-state index >= 15 is 0 Å². The number of rotatable bonds is 17. The van der Waals surface area contributed by atoms with E-state index < -0.39 is 10.1 Å². The van der Waals surface area contributed by atoms with E-state index in [9.17, 15) is 22.6 Å². The third-order valence-electron chi connectivity index (χ3n) is 6.47. The number of nitrogens with one attached hydrogen (secondary N) is 3. The largest absolute Gasteiger partial charge is 0.491 e. The van der Waals surface area contributed by atoms with E-state index in [-0.39, 0.29) is 22.3 Å². The number of anilines is 1. The predicted molar refractivity (Wildman–Crippen MR) is 187 cm³/mol. The van der Waals surface area contributed by atoms with Crippen LogP contribution in [0.1, 0.15) is 47.1 Å². The van der Waals surface area contributed by atoms with E-state index in [0.29, 0.717) is 54.7 Å². The lowest BCUT2D eigenvalue weighted by atomic mass is 10.2. The van der Waals surface area contributed by atoms with Crippen molar-refractivity contribution in [1.82, 2.24) is 20.6 Å². The molecule has 2 amide bonds. The highest BCUT2D eigenvalue weighted by molar-refractivity contribution is 7.98. The first-order valence-corrected chi connectivity index (χ1v) is 17.5. The maximum Gasteiger partial charge on any atom is 0.295 e. The standard InChI is InChI=1S/C34H36N6O6S2/c1-2-21-46-30-16-14-27(24-47-28-10-4-3-5-11-28)39-29(30)15-18-33(41)35-19-8-20-36-34(42)26-13-17-32(37-22-26)40-38-23-25-9-6-7-12-31(25)48(43,44)45/h3-7,9-18,22-23H,2,8,19-21,24H2,1H3,(H,35,41)(H,36,42)(H,37,40)(H,43,44,45)/b18-15+,38-23+. The Labute approximate surface area is 283 Å². The van der Waals surface area contributed by atoms with Crippen molar-refractivity contribution in [3.8, 4) is 5.75 Å². The molecule has 4 N–H and O–H groups in total. The Balaban J connectivity index is 1.20. The fourth-order valence-electron chi connectivity index (χ4n) is 4.11. The normalized spacial score (nSPS) is 11.5. The third kappa shape index (κ3) is 11.6. The van der Waals surface area contributed by atoms with Crippen molar-refractivity contribution in [2.75, 3.05) is 25.1 Å². The van der Waals surface area contributed by atoms with Gasteiger partial charge in [-0.1, -0.05) is 43.3 Å². The number of nitrogens with zero attached hydrogens (tertiary/aromatic N) is 3. The van der Waals surface area contributed by atoms with E-state index in [0.717, 1.165) is 17.0 Å². The van der Waals surface area contributed by atoms with Crippen LogP contribution in [0.25, 0.3) is 6.08 Å². The Morgan fingerprint density at radius 3 is 2.50 bits per heavy atom. The van der Waals surface area contributed by atoms with Crippen LogP contribution in [0.3, 0.4) is 0 Å². The Morgan fingerprint density at radius 1 is 0.979 bits per heavy atom. The molecule has 4 rings (SSSR count). The van der Waals surface area contributed by atoms with Gasteiger partial charge in [0.05, 0.1) is 24.1 Å². The molecule has 0 saturated carbocycles. The first-order chi connectivity index (χ1) is 23.2. The summed E-state index contributed by atoms with van der Waals surface area (Å²) in [5.41, 5.74) is 4.62. The average molecular weight is 689 g/mol. The molecule has 48 heavy (non-hydrogen) atoms. The van der Waals surface area contributed by atoms with Crippen LogP contribution in [0.5, 0.6) is 5.75 Å². The molecule has 0 atom stereocenters. The van der Waals surface area contributed by atoms with Crippen molar-refractivity contribution in [2.45, 2.75) is 35.3 Å². The number of aromatic nitrogens is 2. The Morgan fingerprint density at radius 2 is 1.75 bits per heavy atom. The molecule has 14 heteroatoms. The highest BCUT2D eigenvalue weighted by Gasteiger charge is 2.13. The van der Waals surface area contributed by atoms with E-state index in [1.165, 1.54) is 36.7 Å². The number of carbonyl (C=O) groups excluding carboxylic acids is 2. The summed E-state index contributed by atoms with van der Waals surface area (Å²) in [6.07, 6.45) is 7.03. The van der Waals surface area contributed by atoms with Gasteiger partial charge in [0.15, 0.2) is 0 Å². The van der Waals surface area contributed by atoms with E-state index in [2.05, 4.69) is 26.1 Å². The second kappa shape index (κ2) is 18.3. The fourth-order valence-corrected chi connectivity index (χ4v) is 5.61. The molecule has 250 valence electrons. The predicted octanol–water partition coefficient (Wildman–Crippen LogP) is 5.20. The Hall–Kier alpha value is -5.05. The molecule has 12 nitrogen and oxygen atoms in total. The lowest BCUT2D eigenvalue weighted by molar-refractivity contribution is -0.116. The molecule has 0 aliphatic heterocycles. The monoisotopic (exact) mass is 688 g/mol. The van der Waals surface area contributed by atoms with Crippen molar-refractivity contribution in [3.63, 3.8) is 0 Å².